The minimum absolute atomic E-state index is 0.144. The number of morpholine rings is 1. The second kappa shape index (κ2) is 8.89. The summed E-state index contributed by atoms with van der Waals surface area (Å²) in [6, 6.07) is 5.82. The number of aryl methyl sites for hydroxylation is 1. The first-order chi connectivity index (χ1) is 14.2. The molecule has 0 saturated carbocycles. The van der Waals surface area contributed by atoms with Gasteiger partial charge in [-0.25, -0.2) is 9.97 Å². The highest BCUT2D eigenvalue weighted by atomic mass is 32.1. The summed E-state index contributed by atoms with van der Waals surface area (Å²) >= 11 is 1.50. The SMILES string of the molecule is CCOc1ccc2nc(N(CCN3CCOCC3)C(=O)c3nccn3C)sc2c1. The van der Waals surface area contributed by atoms with Crippen LogP contribution >= 0.6 is 11.3 Å². The van der Waals surface area contributed by atoms with Crippen molar-refractivity contribution in [2.24, 2.45) is 7.05 Å². The number of carbonyl (C=O) groups is 1. The van der Waals surface area contributed by atoms with Crippen LogP contribution in [0.2, 0.25) is 0 Å². The molecule has 3 heterocycles. The molecule has 154 valence electrons. The minimum Gasteiger partial charge on any atom is -0.494 e. The number of thiazole rings is 1. The molecule has 1 amide bonds. The van der Waals surface area contributed by atoms with E-state index < -0.39 is 0 Å². The average molecular weight is 416 g/mol. The van der Waals surface area contributed by atoms with E-state index in [1.165, 1.54) is 11.3 Å². The van der Waals surface area contributed by atoms with Crippen LogP contribution in [0.4, 0.5) is 5.13 Å². The average Bonchev–Trinajstić information content (AvgIpc) is 3.34. The Labute approximate surface area is 173 Å². The molecular weight excluding hydrogens is 390 g/mol. The Morgan fingerprint density at radius 1 is 1.34 bits per heavy atom. The number of carbonyl (C=O) groups excluding carboxylic acids is 1. The lowest BCUT2D eigenvalue weighted by molar-refractivity contribution is 0.0390. The fourth-order valence-corrected chi connectivity index (χ4v) is 4.33. The van der Waals surface area contributed by atoms with E-state index in [2.05, 4.69) is 9.88 Å². The summed E-state index contributed by atoms with van der Waals surface area (Å²) < 4.78 is 13.8. The standard InChI is InChI=1S/C20H25N5O3S/c1-3-28-15-4-5-16-17(14-15)29-20(22-16)25(9-8-24-10-12-27-13-11-24)19(26)18-21-6-7-23(18)2/h4-7,14H,3,8-13H2,1-2H3. The number of rotatable bonds is 7. The number of anilines is 1. The van der Waals surface area contributed by atoms with Crippen LogP contribution in [0.25, 0.3) is 10.2 Å². The van der Waals surface area contributed by atoms with Gasteiger partial charge >= 0.3 is 0 Å². The van der Waals surface area contributed by atoms with E-state index in [9.17, 15) is 4.79 Å². The normalized spacial score (nSPS) is 15.0. The molecule has 0 aliphatic carbocycles. The Kier molecular flexibility index (Phi) is 6.08. The van der Waals surface area contributed by atoms with Crippen molar-refractivity contribution in [2.45, 2.75) is 6.92 Å². The van der Waals surface area contributed by atoms with E-state index in [-0.39, 0.29) is 5.91 Å². The number of aromatic nitrogens is 3. The molecule has 0 N–H and O–H groups in total. The molecule has 1 aliphatic heterocycles. The Hall–Kier alpha value is -2.49. The summed E-state index contributed by atoms with van der Waals surface area (Å²) in [6.07, 6.45) is 3.42. The summed E-state index contributed by atoms with van der Waals surface area (Å²) in [7, 11) is 1.83. The molecule has 9 heteroatoms. The van der Waals surface area contributed by atoms with Gasteiger partial charge in [0, 0.05) is 45.6 Å². The van der Waals surface area contributed by atoms with Crippen molar-refractivity contribution in [3.05, 3.63) is 36.4 Å². The number of fused-ring (bicyclic) bond motifs is 1. The van der Waals surface area contributed by atoms with Gasteiger partial charge < -0.3 is 14.0 Å². The minimum atomic E-state index is -0.144. The summed E-state index contributed by atoms with van der Waals surface area (Å²) in [4.78, 5) is 26.3. The summed E-state index contributed by atoms with van der Waals surface area (Å²) in [5, 5.41) is 0.676. The predicted molar refractivity (Wildman–Crippen MR) is 113 cm³/mol. The van der Waals surface area contributed by atoms with E-state index in [0.29, 0.717) is 24.1 Å². The molecule has 0 radical (unpaired) electrons. The van der Waals surface area contributed by atoms with Crippen LogP contribution in [0.5, 0.6) is 5.75 Å². The maximum Gasteiger partial charge on any atom is 0.296 e. The lowest BCUT2D eigenvalue weighted by Gasteiger charge is -2.29. The molecule has 1 aromatic carbocycles. The molecule has 0 bridgehead atoms. The third-order valence-corrected chi connectivity index (χ3v) is 5.93. The zero-order valence-electron chi connectivity index (χ0n) is 16.7. The number of hydrogen-bond donors (Lipinski definition) is 0. The van der Waals surface area contributed by atoms with Gasteiger partial charge in [0.25, 0.3) is 5.91 Å². The molecule has 29 heavy (non-hydrogen) atoms. The van der Waals surface area contributed by atoms with E-state index in [1.54, 1.807) is 21.9 Å². The van der Waals surface area contributed by atoms with E-state index in [0.717, 1.165) is 48.8 Å². The molecule has 0 atom stereocenters. The molecule has 4 rings (SSSR count). The first-order valence-electron chi connectivity index (χ1n) is 9.78. The summed E-state index contributed by atoms with van der Waals surface area (Å²) in [6.45, 7) is 7.10. The van der Waals surface area contributed by atoms with Gasteiger partial charge in [-0.05, 0) is 25.1 Å². The topological polar surface area (TPSA) is 72.7 Å². The first-order valence-corrected chi connectivity index (χ1v) is 10.6. The highest BCUT2D eigenvalue weighted by molar-refractivity contribution is 7.22. The maximum absolute atomic E-state index is 13.3. The van der Waals surface area contributed by atoms with E-state index >= 15 is 0 Å². The lowest BCUT2D eigenvalue weighted by atomic mass is 10.3. The van der Waals surface area contributed by atoms with Gasteiger partial charge in [-0.3, -0.25) is 14.6 Å². The molecule has 1 saturated heterocycles. The lowest BCUT2D eigenvalue weighted by Crippen LogP contribution is -2.43. The Bertz CT molecular complexity index is 980. The van der Waals surface area contributed by atoms with Crippen molar-refractivity contribution in [1.29, 1.82) is 0 Å². The van der Waals surface area contributed by atoms with E-state index in [4.69, 9.17) is 14.5 Å². The van der Waals surface area contributed by atoms with Crippen LogP contribution in [0.15, 0.2) is 30.6 Å². The fourth-order valence-electron chi connectivity index (χ4n) is 3.31. The summed E-state index contributed by atoms with van der Waals surface area (Å²) in [5.41, 5.74) is 0.859. The number of nitrogens with zero attached hydrogens (tertiary/aromatic N) is 5. The van der Waals surface area contributed by atoms with Gasteiger partial charge in [0.05, 0.1) is 30.0 Å². The summed E-state index contributed by atoms with van der Waals surface area (Å²) in [5.74, 6) is 1.07. The second-order valence-electron chi connectivity index (χ2n) is 6.83. The van der Waals surface area contributed by atoms with Crippen LogP contribution in [0.1, 0.15) is 17.5 Å². The highest BCUT2D eigenvalue weighted by Gasteiger charge is 2.25. The van der Waals surface area contributed by atoms with Gasteiger partial charge in [0.2, 0.25) is 0 Å². The van der Waals surface area contributed by atoms with Crippen molar-refractivity contribution in [3.63, 3.8) is 0 Å². The van der Waals surface area contributed by atoms with Crippen molar-refractivity contribution in [2.75, 3.05) is 50.9 Å². The molecule has 1 fully saturated rings. The predicted octanol–water partition coefficient (Wildman–Crippen LogP) is 2.41. The highest BCUT2D eigenvalue weighted by Crippen LogP contribution is 2.32. The number of hydrogen-bond acceptors (Lipinski definition) is 7. The van der Waals surface area contributed by atoms with Crippen molar-refractivity contribution < 1.29 is 14.3 Å². The van der Waals surface area contributed by atoms with Crippen LogP contribution in [-0.2, 0) is 11.8 Å². The zero-order chi connectivity index (χ0) is 20.2. The third-order valence-electron chi connectivity index (χ3n) is 4.89. The van der Waals surface area contributed by atoms with Gasteiger partial charge in [-0.2, -0.15) is 0 Å². The van der Waals surface area contributed by atoms with Gasteiger partial charge in [-0.15, -0.1) is 0 Å². The second-order valence-corrected chi connectivity index (χ2v) is 7.84. The van der Waals surface area contributed by atoms with Gasteiger partial charge in [-0.1, -0.05) is 11.3 Å². The van der Waals surface area contributed by atoms with E-state index in [1.807, 2.05) is 32.2 Å². The largest absolute Gasteiger partial charge is 0.494 e. The Morgan fingerprint density at radius 3 is 2.90 bits per heavy atom. The fraction of sp³-hybridized carbons (Fsp3) is 0.450. The Morgan fingerprint density at radius 2 is 2.17 bits per heavy atom. The number of benzene rings is 1. The smallest absolute Gasteiger partial charge is 0.296 e. The molecular formula is C20H25N5O3S. The van der Waals surface area contributed by atoms with Gasteiger partial charge in [0.15, 0.2) is 11.0 Å². The third kappa shape index (κ3) is 4.42. The molecule has 2 aromatic heterocycles. The molecule has 0 spiro atoms. The molecule has 3 aromatic rings. The number of ether oxygens (including phenoxy) is 2. The van der Waals surface area contributed by atoms with Crippen LogP contribution in [0.3, 0.4) is 0 Å². The zero-order valence-corrected chi connectivity index (χ0v) is 17.5. The number of imidazole rings is 1. The van der Waals surface area contributed by atoms with Crippen LogP contribution < -0.4 is 9.64 Å². The van der Waals surface area contributed by atoms with Crippen LogP contribution in [0, 0.1) is 0 Å². The van der Waals surface area contributed by atoms with Crippen molar-refractivity contribution >= 4 is 32.6 Å². The van der Waals surface area contributed by atoms with Gasteiger partial charge in [0.1, 0.15) is 5.75 Å². The molecule has 8 nitrogen and oxygen atoms in total. The molecule has 1 aliphatic rings. The van der Waals surface area contributed by atoms with Crippen molar-refractivity contribution in [3.8, 4) is 5.75 Å². The maximum atomic E-state index is 13.3. The quantitative estimate of drug-likeness (QED) is 0.590. The Balaban J connectivity index is 1.62. The monoisotopic (exact) mass is 415 g/mol. The van der Waals surface area contributed by atoms with Crippen molar-refractivity contribution in [1.82, 2.24) is 19.4 Å². The molecule has 0 unspecified atom stereocenters. The number of amides is 1. The first kappa shape index (κ1) is 19.8. The van der Waals surface area contributed by atoms with Crippen LogP contribution in [-0.4, -0.2) is 71.3 Å².